The van der Waals surface area contributed by atoms with Crippen molar-refractivity contribution in [3.63, 3.8) is 0 Å². The lowest BCUT2D eigenvalue weighted by Crippen LogP contribution is -2.33. The third-order valence-corrected chi connectivity index (χ3v) is 6.13. The van der Waals surface area contributed by atoms with Crippen molar-refractivity contribution in [2.24, 2.45) is 0 Å². The zero-order valence-electron chi connectivity index (χ0n) is 16.0. The highest BCUT2D eigenvalue weighted by molar-refractivity contribution is 7.17. The van der Waals surface area contributed by atoms with Gasteiger partial charge in [0.1, 0.15) is 4.70 Å². The number of anilines is 1. The molecule has 4 rings (SSSR count). The molecule has 0 radical (unpaired) electrons. The van der Waals surface area contributed by atoms with E-state index >= 15 is 0 Å². The van der Waals surface area contributed by atoms with Crippen LogP contribution in [0.3, 0.4) is 0 Å². The van der Waals surface area contributed by atoms with Crippen molar-refractivity contribution in [3.05, 3.63) is 57.2 Å². The van der Waals surface area contributed by atoms with E-state index in [1.807, 2.05) is 42.6 Å². The molecule has 28 heavy (non-hydrogen) atoms. The summed E-state index contributed by atoms with van der Waals surface area (Å²) in [7, 11) is 0. The Labute approximate surface area is 167 Å². The highest BCUT2D eigenvalue weighted by atomic mass is 32.1. The average molecular weight is 397 g/mol. The van der Waals surface area contributed by atoms with Gasteiger partial charge < -0.3 is 10.2 Å². The molecule has 0 saturated carbocycles. The van der Waals surface area contributed by atoms with Gasteiger partial charge in [0.15, 0.2) is 0 Å². The molecule has 2 aromatic heterocycles. The summed E-state index contributed by atoms with van der Waals surface area (Å²) in [6, 6.07) is 9.89. The minimum absolute atomic E-state index is 0.0476. The lowest BCUT2D eigenvalue weighted by atomic mass is 10.1. The predicted octanol–water partition coefficient (Wildman–Crippen LogP) is 3.07. The monoisotopic (exact) mass is 396 g/mol. The first kappa shape index (κ1) is 18.7. The third-order valence-electron chi connectivity index (χ3n) is 5.23. The van der Waals surface area contributed by atoms with Gasteiger partial charge >= 0.3 is 0 Å². The van der Waals surface area contributed by atoms with E-state index in [2.05, 4.69) is 10.2 Å². The summed E-state index contributed by atoms with van der Waals surface area (Å²) >= 11 is 1.41. The molecular weight excluding hydrogens is 372 g/mol. The van der Waals surface area contributed by atoms with Crippen molar-refractivity contribution in [2.45, 2.75) is 39.3 Å². The Morgan fingerprint density at radius 2 is 2.00 bits per heavy atom. The van der Waals surface area contributed by atoms with Crippen LogP contribution in [0.5, 0.6) is 0 Å². The second-order valence-corrected chi connectivity index (χ2v) is 8.07. The van der Waals surface area contributed by atoms with Crippen molar-refractivity contribution < 1.29 is 4.79 Å². The highest BCUT2D eigenvalue weighted by Crippen LogP contribution is 2.22. The van der Waals surface area contributed by atoms with Crippen LogP contribution < -0.4 is 15.8 Å². The molecular formula is C21H24N4O2S. The van der Waals surface area contributed by atoms with Crippen LogP contribution >= 0.6 is 11.3 Å². The van der Waals surface area contributed by atoms with E-state index in [1.54, 1.807) is 4.57 Å². The van der Waals surface area contributed by atoms with Gasteiger partial charge in [-0.1, -0.05) is 24.3 Å². The molecule has 3 aromatic rings. The fraction of sp³-hybridized carbons (Fsp3) is 0.381. The number of carbonyl (C=O) groups excluding carboxylic acids is 1. The molecule has 146 valence electrons. The van der Waals surface area contributed by atoms with Crippen molar-refractivity contribution >= 4 is 33.4 Å². The first-order valence-corrected chi connectivity index (χ1v) is 10.6. The fourth-order valence-corrected chi connectivity index (χ4v) is 4.37. The number of thiophene rings is 1. The molecule has 0 bridgehead atoms. The van der Waals surface area contributed by atoms with Crippen molar-refractivity contribution in [1.29, 1.82) is 0 Å². The number of hydrogen-bond donors (Lipinski definition) is 1. The Balaban J connectivity index is 1.50. The molecule has 1 aliphatic rings. The van der Waals surface area contributed by atoms with E-state index in [4.69, 9.17) is 4.98 Å². The van der Waals surface area contributed by atoms with E-state index in [0.717, 1.165) is 42.6 Å². The van der Waals surface area contributed by atoms with E-state index in [-0.39, 0.29) is 17.9 Å². The summed E-state index contributed by atoms with van der Waals surface area (Å²) in [4.78, 5) is 32.3. The summed E-state index contributed by atoms with van der Waals surface area (Å²) in [5.41, 5.74) is 2.96. The molecule has 1 saturated heterocycles. The van der Waals surface area contributed by atoms with Crippen molar-refractivity contribution in [1.82, 2.24) is 14.9 Å². The number of rotatable bonds is 6. The number of nitrogens with zero attached hydrogens (tertiary/aromatic N) is 3. The van der Waals surface area contributed by atoms with Gasteiger partial charge in [-0.15, -0.1) is 11.3 Å². The SMILES string of the molecule is Cc1ccccc1CNC(=O)CCn1c(N2CCCC2)nc2ccsc2c1=O. The number of aromatic nitrogens is 2. The molecule has 0 unspecified atom stereocenters. The molecule has 7 heteroatoms. The third kappa shape index (κ3) is 3.80. The lowest BCUT2D eigenvalue weighted by molar-refractivity contribution is -0.121. The summed E-state index contributed by atoms with van der Waals surface area (Å²) in [5.74, 6) is 0.633. The van der Waals surface area contributed by atoms with Crippen molar-refractivity contribution in [2.75, 3.05) is 18.0 Å². The maximum atomic E-state index is 13.0. The predicted molar refractivity (Wildman–Crippen MR) is 113 cm³/mol. The summed E-state index contributed by atoms with van der Waals surface area (Å²) in [6.07, 6.45) is 2.47. The zero-order chi connectivity index (χ0) is 19.5. The standard InChI is InChI=1S/C21H24N4O2S/c1-15-6-2-3-7-16(15)14-22-18(26)8-12-25-20(27)19-17(9-13-28-19)23-21(25)24-10-4-5-11-24/h2-3,6-7,9,13H,4-5,8,10-12,14H2,1H3,(H,22,26). The van der Waals surface area contributed by atoms with E-state index in [1.165, 1.54) is 11.3 Å². The van der Waals surface area contributed by atoms with Gasteiger partial charge in [-0.25, -0.2) is 4.98 Å². The van der Waals surface area contributed by atoms with E-state index in [9.17, 15) is 9.59 Å². The first-order chi connectivity index (χ1) is 13.6. The normalized spacial score (nSPS) is 14.0. The molecule has 0 spiro atoms. The number of aryl methyl sites for hydroxylation is 1. The van der Waals surface area contributed by atoms with Crippen LogP contribution in [0.15, 0.2) is 40.5 Å². The van der Waals surface area contributed by atoms with Gasteiger partial charge in [-0.05, 0) is 42.3 Å². The molecule has 1 fully saturated rings. The van der Waals surface area contributed by atoms with Gasteiger partial charge in [0, 0.05) is 32.6 Å². The highest BCUT2D eigenvalue weighted by Gasteiger charge is 2.21. The topological polar surface area (TPSA) is 67.2 Å². The van der Waals surface area contributed by atoms with Gasteiger partial charge in [-0.3, -0.25) is 14.2 Å². The largest absolute Gasteiger partial charge is 0.352 e. The molecule has 6 nitrogen and oxygen atoms in total. The molecule has 1 amide bonds. The second-order valence-electron chi connectivity index (χ2n) is 7.15. The lowest BCUT2D eigenvalue weighted by Gasteiger charge is -2.21. The second kappa shape index (κ2) is 8.14. The zero-order valence-corrected chi connectivity index (χ0v) is 16.8. The Hall–Kier alpha value is -2.67. The van der Waals surface area contributed by atoms with Crippen LogP contribution in [0.2, 0.25) is 0 Å². The maximum Gasteiger partial charge on any atom is 0.272 e. The summed E-state index contributed by atoms with van der Waals surface area (Å²) < 4.78 is 2.33. The minimum Gasteiger partial charge on any atom is -0.352 e. The van der Waals surface area contributed by atoms with Gasteiger partial charge in [0.05, 0.1) is 5.52 Å². The smallest absolute Gasteiger partial charge is 0.272 e. The van der Waals surface area contributed by atoms with E-state index < -0.39 is 0 Å². The summed E-state index contributed by atoms with van der Waals surface area (Å²) in [5, 5.41) is 4.86. The van der Waals surface area contributed by atoms with E-state index in [0.29, 0.717) is 23.7 Å². The van der Waals surface area contributed by atoms with Crippen LogP contribution in [-0.2, 0) is 17.9 Å². The Bertz CT molecular complexity index is 1050. The number of nitrogens with one attached hydrogen (secondary N) is 1. The molecule has 1 aliphatic heterocycles. The number of benzene rings is 1. The first-order valence-electron chi connectivity index (χ1n) is 9.67. The Morgan fingerprint density at radius 1 is 1.21 bits per heavy atom. The molecule has 0 aliphatic carbocycles. The quantitative estimate of drug-likeness (QED) is 0.695. The number of hydrogen-bond acceptors (Lipinski definition) is 5. The molecule has 3 heterocycles. The van der Waals surface area contributed by atoms with Gasteiger partial charge in [0.25, 0.3) is 5.56 Å². The van der Waals surface area contributed by atoms with Gasteiger partial charge in [-0.2, -0.15) is 0 Å². The minimum atomic E-state index is -0.0613. The number of amides is 1. The van der Waals surface area contributed by atoms with Crippen LogP contribution in [0, 0.1) is 6.92 Å². The van der Waals surface area contributed by atoms with Crippen molar-refractivity contribution in [3.8, 4) is 0 Å². The fourth-order valence-electron chi connectivity index (χ4n) is 3.60. The average Bonchev–Trinajstić information content (AvgIpc) is 3.38. The summed E-state index contributed by atoms with van der Waals surface area (Å²) in [6.45, 7) is 4.68. The van der Waals surface area contributed by atoms with Crippen LogP contribution in [0.25, 0.3) is 10.2 Å². The van der Waals surface area contributed by atoms with Crippen LogP contribution in [0.4, 0.5) is 5.95 Å². The molecule has 0 atom stereocenters. The molecule has 1 N–H and O–H groups in total. The molecule has 1 aromatic carbocycles. The van der Waals surface area contributed by atoms with Gasteiger partial charge in [0.2, 0.25) is 11.9 Å². The Morgan fingerprint density at radius 3 is 2.79 bits per heavy atom. The number of fused-ring (bicyclic) bond motifs is 1. The maximum absolute atomic E-state index is 13.0. The Kier molecular flexibility index (Phi) is 5.43. The van der Waals surface area contributed by atoms with Crippen LogP contribution in [0.1, 0.15) is 30.4 Å². The van der Waals surface area contributed by atoms with Crippen LogP contribution in [-0.4, -0.2) is 28.5 Å². The number of carbonyl (C=O) groups is 1.